The van der Waals surface area contributed by atoms with Crippen LogP contribution in [0, 0.1) is 0 Å². The molecule has 0 spiro atoms. The van der Waals surface area contributed by atoms with Gasteiger partial charge in [0.1, 0.15) is 5.78 Å². The van der Waals surface area contributed by atoms with Gasteiger partial charge in [0.25, 0.3) is 0 Å². The van der Waals surface area contributed by atoms with Crippen molar-refractivity contribution in [2.75, 3.05) is 6.61 Å². The maximum atomic E-state index is 11.5. The first-order valence-corrected chi connectivity index (χ1v) is 5.48. The number of hydrogen-bond acceptors (Lipinski definition) is 3. The molecule has 1 rings (SSSR count). The minimum absolute atomic E-state index is 0.204. The minimum Gasteiger partial charge on any atom is -0.462 e. The van der Waals surface area contributed by atoms with Gasteiger partial charge >= 0.3 is 5.97 Å². The quantitative estimate of drug-likeness (QED) is 0.546. The number of carbonyl (C=O) groups excluding carboxylic acids is 2. The monoisotopic (exact) mass is 220 g/mol. The number of ketones is 1. The molecule has 16 heavy (non-hydrogen) atoms. The van der Waals surface area contributed by atoms with Crippen LogP contribution in [-0.2, 0) is 9.53 Å². The molecular weight excluding hydrogens is 204 g/mol. The predicted octanol–water partition coefficient (Wildman–Crippen LogP) is 2.60. The number of Topliss-reactive ketones (excluding diaryl/α,β-unsaturated/α-hetero) is 1. The zero-order chi connectivity index (χ0) is 11.8. The Morgan fingerprint density at radius 3 is 2.50 bits per heavy atom. The van der Waals surface area contributed by atoms with Gasteiger partial charge < -0.3 is 4.74 Å². The molecule has 0 heterocycles. The zero-order valence-electron chi connectivity index (χ0n) is 9.44. The standard InChI is InChI=1S/C13H16O3/c1-2-12(14)9-6-10-16-13(15)11-7-4-3-5-8-11/h3-5,7-8H,2,6,9-10H2,1H3. The Morgan fingerprint density at radius 1 is 1.19 bits per heavy atom. The Balaban J connectivity index is 2.24. The summed E-state index contributed by atoms with van der Waals surface area (Å²) in [5.74, 6) is -0.125. The zero-order valence-corrected chi connectivity index (χ0v) is 9.44. The van der Waals surface area contributed by atoms with Gasteiger partial charge in [0, 0.05) is 12.8 Å². The van der Waals surface area contributed by atoms with Crippen LogP contribution in [0.15, 0.2) is 30.3 Å². The highest BCUT2D eigenvalue weighted by molar-refractivity contribution is 5.89. The van der Waals surface area contributed by atoms with E-state index < -0.39 is 0 Å². The van der Waals surface area contributed by atoms with E-state index in [2.05, 4.69) is 0 Å². The molecule has 0 aliphatic rings. The number of benzene rings is 1. The topological polar surface area (TPSA) is 43.4 Å². The van der Waals surface area contributed by atoms with Crippen molar-refractivity contribution in [2.45, 2.75) is 26.2 Å². The Labute approximate surface area is 95.4 Å². The second-order valence-electron chi connectivity index (χ2n) is 3.50. The summed E-state index contributed by atoms with van der Waals surface area (Å²) in [6.45, 7) is 2.14. The molecule has 0 saturated heterocycles. The van der Waals surface area contributed by atoms with Crippen molar-refractivity contribution < 1.29 is 14.3 Å². The fourth-order valence-electron chi connectivity index (χ4n) is 1.27. The van der Waals surface area contributed by atoms with Crippen LogP contribution in [0.2, 0.25) is 0 Å². The molecule has 86 valence electrons. The van der Waals surface area contributed by atoms with E-state index in [-0.39, 0.29) is 11.8 Å². The number of ether oxygens (including phenoxy) is 1. The number of hydrogen-bond donors (Lipinski definition) is 0. The summed E-state index contributed by atoms with van der Waals surface area (Å²) in [6.07, 6.45) is 1.64. The van der Waals surface area contributed by atoms with E-state index in [1.807, 2.05) is 13.0 Å². The summed E-state index contributed by atoms with van der Waals surface area (Å²) in [7, 11) is 0. The number of rotatable bonds is 6. The van der Waals surface area contributed by atoms with Crippen LogP contribution in [0.1, 0.15) is 36.5 Å². The van der Waals surface area contributed by atoms with Crippen LogP contribution in [0.25, 0.3) is 0 Å². The van der Waals surface area contributed by atoms with E-state index >= 15 is 0 Å². The van der Waals surface area contributed by atoms with Gasteiger partial charge in [-0.15, -0.1) is 0 Å². The molecule has 0 fully saturated rings. The van der Waals surface area contributed by atoms with Crippen molar-refractivity contribution in [1.82, 2.24) is 0 Å². The summed E-state index contributed by atoms with van der Waals surface area (Å²) in [5.41, 5.74) is 0.546. The molecule has 0 amide bonds. The molecule has 0 atom stereocenters. The molecule has 0 unspecified atom stereocenters. The van der Waals surface area contributed by atoms with Gasteiger partial charge in [0.05, 0.1) is 12.2 Å². The number of esters is 1. The summed E-state index contributed by atoms with van der Waals surface area (Å²) in [5, 5.41) is 0. The lowest BCUT2D eigenvalue weighted by molar-refractivity contribution is -0.119. The van der Waals surface area contributed by atoms with Gasteiger partial charge in [0.15, 0.2) is 0 Å². The first-order chi connectivity index (χ1) is 7.74. The van der Waals surface area contributed by atoms with Crippen molar-refractivity contribution in [1.29, 1.82) is 0 Å². The third-order valence-corrected chi connectivity index (χ3v) is 2.24. The van der Waals surface area contributed by atoms with Gasteiger partial charge in [-0.3, -0.25) is 4.79 Å². The van der Waals surface area contributed by atoms with Crippen LogP contribution in [-0.4, -0.2) is 18.4 Å². The van der Waals surface area contributed by atoms with Crippen molar-refractivity contribution >= 4 is 11.8 Å². The molecule has 0 aliphatic heterocycles. The lowest BCUT2D eigenvalue weighted by Crippen LogP contribution is -2.07. The summed E-state index contributed by atoms with van der Waals surface area (Å²) < 4.78 is 5.03. The summed E-state index contributed by atoms with van der Waals surface area (Å²) in [4.78, 5) is 22.4. The molecule has 3 heteroatoms. The summed E-state index contributed by atoms with van der Waals surface area (Å²) >= 11 is 0. The van der Waals surface area contributed by atoms with E-state index in [9.17, 15) is 9.59 Å². The maximum Gasteiger partial charge on any atom is 0.338 e. The Kier molecular flexibility index (Phi) is 5.26. The SMILES string of the molecule is CCC(=O)CCCOC(=O)c1ccccc1. The fraction of sp³-hybridized carbons (Fsp3) is 0.385. The second kappa shape index (κ2) is 6.77. The Morgan fingerprint density at radius 2 is 1.88 bits per heavy atom. The van der Waals surface area contributed by atoms with Gasteiger partial charge in [-0.05, 0) is 18.6 Å². The molecule has 0 N–H and O–H groups in total. The molecule has 0 aromatic heterocycles. The van der Waals surface area contributed by atoms with Crippen LogP contribution in [0.5, 0.6) is 0 Å². The van der Waals surface area contributed by atoms with E-state index in [0.29, 0.717) is 31.4 Å². The molecular formula is C13H16O3. The average Bonchev–Trinajstić information content (AvgIpc) is 2.35. The first kappa shape index (κ1) is 12.4. The van der Waals surface area contributed by atoms with Crippen LogP contribution in [0.3, 0.4) is 0 Å². The fourth-order valence-corrected chi connectivity index (χ4v) is 1.27. The van der Waals surface area contributed by atoms with Crippen LogP contribution in [0.4, 0.5) is 0 Å². The van der Waals surface area contributed by atoms with Crippen LogP contribution < -0.4 is 0 Å². The normalized spacial score (nSPS) is 9.81. The van der Waals surface area contributed by atoms with Gasteiger partial charge in [-0.25, -0.2) is 4.79 Å². The lowest BCUT2D eigenvalue weighted by Gasteiger charge is -2.03. The molecule has 0 aliphatic carbocycles. The highest BCUT2D eigenvalue weighted by Crippen LogP contribution is 2.02. The molecule has 0 radical (unpaired) electrons. The van der Waals surface area contributed by atoms with Crippen molar-refractivity contribution in [2.24, 2.45) is 0 Å². The largest absolute Gasteiger partial charge is 0.462 e. The number of carbonyl (C=O) groups is 2. The molecule has 0 bridgehead atoms. The third-order valence-electron chi connectivity index (χ3n) is 2.24. The van der Waals surface area contributed by atoms with Crippen molar-refractivity contribution in [3.05, 3.63) is 35.9 Å². The van der Waals surface area contributed by atoms with E-state index in [1.54, 1.807) is 24.3 Å². The van der Waals surface area contributed by atoms with Crippen molar-refractivity contribution in [3.8, 4) is 0 Å². The van der Waals surface area contributed by atoms with Crippen LogP contribution >= 0.6 is 0 Å². The summed E-state index contributed by atoms with van der Waals surface area (Å²) in [6, 6.07) is 8.84. The molecule has 1 aromatic rings. The van der Waals surface area contributed by atoms with Gasteiger partial charge in [-0.1, -0.05) is 25.1 Å². The smallest absolute Gasteiger partial charge is 0.338 e. The van der Waals surface area contributed by atoms with E-state index in [1.165, 1.54) is 0 Å². The maximum absolute atomic E-state index is 11.5. The minimum atomic E-state index is -0.329. The van der Waals surface area contributed by atoms with E-state index in [0.717, 1.165) is 0 Å². The first-order valence-electron chi connectivity index (χ1n) is 5.48. The van der Waals surface area contributed by atoms with E-state index in [4.69, 9.17) is 4.74 Å². The lowest BCUT2D eigenvalue weighted by atomic mass is 10.2. The molecule has 1 aromatic carbocycles. The predicted molar refractivity (Wildman–Crippen MR) is 61.3 cm³/mol. The average molecular weight is 220 g/mol. The Hall–Kier alpha value is -1.64. The highest BCUT2D eigenvalue weighted by Gasteiger charge is 2.05. The second-order valence-corrected chi connectivity index (χ2v) is 3.50. The van der Waals surface area contributed by atoms with Gasteiger partial charge in [-0.2, -0.15) is 0 Å². The van der Waals surface area contributed by atoms with Crippen molar-refractivity contribution in [3.63, 3.8) is 0 Å². The Bertz CT molecular complexity index is 343. The van der Waals surface area contributed by atoms with Gasteiger partial charge in [0.2, 0.25) is 0 Å². The molecule has 3 nitrogen and oxygen atoms in total. The third kappa shape index (κ3) is 4.26. The highest BCUT2D eigenvalue weighted by atomic mass is 16.5. The molecule has 0 saturated carbocycles.